The fourth-order valence-electron chi connectivity index (χ4n) is 2.61. The van der Waals surface area contributed by atoms with Gasteiger partial charge in [0.2, 0.25) is 11.7 Å². The van der Waals surface area contributed by atoms with Crippen molar-refractivity contribution in [2.24, 2.45) is 0 Å². The van der Waals surface area contributed by atoms with E-state index in [2.05, 4.69) is 25.6 Å². The van der Waals surface area contributed by atoms with Crippen LogP contribution in [0.2, 0.25) is 5.15 Å². The predicted octanol–water partition coefficient (Wildman–Crippen LogP) is 2.53. The first-order chi connectivity index (χ1) is 12.7. The Kier molecular flexibility index (Phi) is 5.56. The molecule has 0 saturated carbocycles. The first kappa shape index (κ1) is 19.4. The molecule has 1 amide bonds. The number of alkyl halides is 4. The summed E-state index contributed by atoms with van der Waals surface area (Å²) in [5.41, 5.74) is 1.09. The summed E-state index contributed by atoms with van der Waals surface area (Å²) >= 11 is 5.96. The summed E-state index contributed by atoms with van der Waals surface area (Å²) in [5, 5.41) is 5.53. The minimum absolute atomic E-state index is 0.0967. The van der Waals surface area contributed by atoms with E-state index in [9.17, 15) is 22.4 Å². The summed E-state index contributed by atoms with van der Waals surface area (Å²) in [6.07, 6.45) is -3.58. The average Bonchev–Trinajstić information content (AvgIpc) is 3.05. The van der Waals surface area contributed by atoms with Crippen molar-refractivity contribution in [1.29, 1.82) is 0 Å². The molecule has 3 heterocycles. The number of pyridine rings is 1. The third kappa shape index (κ3) is 4.89. The molecule has 1 saturated heterocycles. The Morgan fingerprint density at radius 2 is 2.00 bits per heavy atom. The van der Waals surface area contributed by atoms with Crippen molar-refractivity contribution >= 4 is 17.5 Å². The van der Waals surface area contributed by atoms with E-state index < -0.39 is 24.2 Å². The molecular weight excluding hydrogens is 390 g/mol. The maximum Gasteiger partial charge on any atom is 0.451 e. The van der Waals surface area contributed by atoms with E-state index >= 15 is 0 Å². The zero-order valence-corrected chi connectivity index (χ0v) is 14.5. The van der Waals surface area contributed by atoms with Gasteiger partial charge in [-0.25, -0.2) is 19.3 Å². The van der Waals surface area contributed by atoms with Crippen LogP contribution in [0, 0.1) is 0 Å². The van der Waals surface area contributed by atoms with E-state index in [-0.39, 0.29) is 41.8 Å². The molecule has 144 valence electrons. The Labute approximate surface area is 156 Å². The maximum atomic E-state index is 13.1. The standard InChI is InChI=1S/C16H14ClF4N5O/c17-13-2-8(4-23-14(27)12-3-10(18)7-22-12)1-11(26-13)9-5-24-15(25-6-9)16(19,20)21/h1-2,5-6,10,12,22H,3-4,7H2,(H,23,27)/t10-,12+/m1/s1. The summed E-state index contributed by atoms with van der Waals surface area (Å²) in [6, 6.07) is 2.47. The van der Waals surface area contributed by atoms with Crippen LogP contribution in [0.4, 0.5) is 17.6 Å². The highest BCUT2D eigenvalue weighted by Crippen LogP contribution is 2.27. The normalized spacial score (nSPS) is 19.9. The van der Waals surface area contributed by atoms with Crippen LogP contribution < -0.4 is 10.6 Å². The van der Waals surface area contributed by atoms with E-state index in [1.165, 1.54) is 6.07 Å². The van der Waals surface area contributed by atoms with Gasteiger partial charge in [0.25, 0.3) is 0 Å². The fourth-order valence-corrected chi connectivity index (χ4v) is 2.84. The number of carbonyl (C=O) groups excluding carboxylic acids is 1. The van der Waals surface area contributed by atoms with Crippen LogP contribution in [0.1, 0.15) is 17.8 Å². The highest BCUT2D eigenvalue weighted by atomic mass is 35.5. The number of amides is 1. The summed E-state index contributed by atoms with van der Waals surface area (Å²) in [7, 11) is 0. The average molecular weight is 404 g/mol. The second kappa shape index (κ2) is 7.73. The van der Waals surface area contributed by atoms with Crippen molar-refractivity contribution in [3.05, 3.63) is 41.1 Å². The Morgan fingerprint density at radius 3 is 2.59 bits per heavy atom. The third-order valence-corrected chi connectivity index (χ3v) is 4.11. The SMILES string of the molecule is O=C(NCc1cc(Cl)nc(-c2cnc(C(F)(F)F)nc2)c1)[C@@H]1C[C@@H](F)CN1. The van der Waals surface area contributed by atoms with Crippen molar-refractivity contribution in [3.63, 3.8) is 0 Å². The molecule has 0 unspecified atom stereocenters. The van der Waals surface area contributed by atoms with Crippen molar-refractivity contribution in [2.75, 3.05) is 6.54 Å². The van der Waals surface area contributed by atoms with Crippen LogP contribution in [0.25, 0.3) is 11.3 Å². The van der Waals surface area contributed by atoms with Crippen LogP contribution in [0.5, 0.6) is 0 Å². The zero-order chi connectivity index (χ0) is 19.6. The Balaban J connectivity index is 1.71. The molecule has 0 radical (unpaired) electrons. The lowest BCUT2D eigenvalue weighted by atomic mass is 10.1. The molecule has 2 aromatic rings. The van der Waals surface area contributed by atoms with E-state index in [0.29, 0.717) is 5.56 Å². The summed E-state index contributed by atoms with van der Waals surface area (Å²) in [5.74, 6) is -1.60. The first-order valence-electron chi connectivity index (χ1n) is 7.93. The van der Waals surface area contributed by atoms with Crippen molar-refractivity contribution in [1.82, 2.24) is 25.6 Å². The van der Waals surface area contributed by atoms with Crippen LogP contribution >= 0.6 is 11.6 Å². The van der Waals surface area contributed by atoms with E-state index in [1.54, 1.807) is 6.07 Å². The van der Waals surface area contributed by atoms with Gasteiger partial charge in [0.05, 0.1) is 11.7 Å². The fraction of sp³-hybridized carbons (Fsp3) is 0.375. The number of carbonyl (C=O) groups is 1. The van der Waals surface area contributed by atoms with E-state index in [0.717, 1.165) is 12.4 Å². The molecule has 0 aromatic carbocycles. The van der Waals surface area contributed by atoms with Crippen LogP contribution in [0.15, 0.2) is 24.5 Å². The second-order valence-corrected chi connectivity index (χ2v) is 6.38. The molecule has 27 heavy (non-hydrogen) atoms. The number of hydrogen-bond donors (Lipinski definition) is 2. The van der Waals surface area contributed by atoms with E-state index in [4.69, 9.17) is 11.6 Å². The number of nitrogens with one attached hydrogen (secondary N) is 2. The molecule has 1 aliphatic rings. The quantitative estimate of drug-likeness (QED) is 0.606. The van der Waals surface area contributed by atoms with Gasteiger partial charge >= 0.3 is 6.18 Å². The Morgan fingerprint density at radius 1 is 1.30 bits per heavy atom. The number of nitrogens with zero attached hydrogens (tertiary/aromatic N) is 3. The van der Waals surface area contributed by atoms with Gasteiger partial charge in [-0.05, 0) is 17.7 Å². The molecule has 2 N–H and O–H groups in total. The lowest BCUT2D eigenvalue weighted by Crippen LogP contribution is -2.40. The minimum atomic E-state index is -4.64. The zero-order valence-electron chi connectivity index (χ0n) is 13.7. The van der Waals surface area contributed by atoms with Crippen LogP contribution in [-0.2, 0) is 17.5 Å². The molecule has 0 aliphatic carbocycles. The Hall–Kier alpha value is -2.33. The first-order valence-corrected chi connectivity index (χ1v) is 8.31. The lowest BCUT2D eigenvalue weighted by Gasteiger charge is -2.12. The third-order valence-electron chi connectivity index (χ3n) is 3.92. The van der Waals surface area contributed by atoms with Gasteiger partial charge in [0, 0.05) is 37.5 Å². The summed E-state index contributed by atoms with van der Waals surface area (Å²) in [6.45, 7) is 0.238. The predicted molar refractivity (Wildman–Crippen MR) is 88.4 cm³/mol. The summed E-state index contributed by atoms with van der Waals surface area (Å²) < 4.78 is 50.8. The molecule has 2 aromatic heterocycles. The Bertz CT molecular complexity index is 831. The molecule has 2 atom stereocenters. The van der Waals surface area contributed by atoms with Gasteiger partial charge in [0.1, 0.15) is 11.3 Å². The number of hydrogen-bond acceptors (Lipinski definition) is 5. The van der Waals surface area contributed by atoms with Crippen molar-refractivity contribution < 1.29 is 22.4 Å². The highest BCUT2D eigenvalue weighted by molar-refractivity contribution is 6.29. The highest BCUT2D eigenvalue weighted by Gasteiger charge is 2.34. The molecular formula is C16H14ClF4N5O. The van der Waals surface area contributed by atoms with Gasteiger partial charge in [-0.15, -0.1) is 0 Å². The second-order valence-electron chi connectivity index (χ2n) is 5.99. The van der Waals surface area contributed by atoms with Gasteiger partial charge in [-0.1, -0.05) is 11.6 Å². The number of rotatable bonds is 4. The molecule has 11 heteroatoms. The molecule has 3 rings (SSSR count). The summed E-state index contributed by atoms with van der Waals surface area (Å²) in [4.78, 5) is 22.6. The molecule has 1 fully saturated rings. The smallest absolute Gasteiger partial charge is 0.351 e. The van der Waals surface area contributed by atoms with Crippen LogP contribution in [-0.4, -0.2) is 39.6 Å². The maximum absolute atomic E-state index is 13.1. The van der Waals surface area contributed by atoms with Gasteiger partial charge < -0.3 is 10.6 Å². The van der Waals surface area contributed by atoms with E-state index in [1.807, 2.05) is 0 Å². The molecule has 0 bridgehead atoms. The minimum Gasteiger partial charge on any atom is -0.351 e. The topological polar surface area (TPSA) is 79.8 Å². The van der Waals surface area contributed by atoms with Crippen molar-refractivity contribution in [3.8, 4) is 11.3 Å². The largest absolute Gasteiger partial charge is 0.451 e. The molecule has 0 spiro atoms. The molecule has 6 nitrogen and oxygen atoms in total. The van der Waals surface area contributed by atoms with Crippen molar-refractivity contribution in [2.45, 2.75) is 31.4 Å². The van der Waals surface area contributed by atoms with Gasteiger partial charge in [-0.2, -0.15) is 13.2 Å². The number of aromatic nitrogens is 3. The van der Waals surface area contributed by atoms with Gasteiger partial charge in [0.15, 0.2) is 0 Å². The van der Waals surface area contributed by atoms with Gasteiger partial charge in [-0.3, -0.25) is 4.79 Å². The lowest BCUT2D eigenvalue weighted by molar-refractivity contribution is -0.145. The monoisotopic (exact) mass is 403 g/mol. The van der Waals surface area contributed by atoms with Crippen LogP contribution in [0.3, 0.4) is 0 Å². The molecule has 1 aliphatic heterocycles. The number of halogens is 5.